The second-order valence-electron chi connectivity index (χ2n) is 11.5. The van der Waals surface area contributed by atoms with Gasteiger partial charge in [-0.2, -0.15) is 4.98 Å². The molecule has 0 saturated carbocycles. The summed E-state index contributed by atoms with van der Waals surface area (Å²) in [5, 5.41) is 2.83. The number of nitrogens with zero attached hydrogens (tertiary/aromatic N) is 2. The van der Waals surface area contributed by atoms with Gasteiger partial charge in [0, 0.05) is 5.56 Å². The number of ether oxygens (including phenoxy) is 2. The Morgan fingerprint density at radius 3 is 2.26 bits per heavy atom. The molecule has 4 heterocycles. The highest BCUT2D eigenvalue weighted by molar-refractivity contribution is 6.02. The molecule has 0 bridgehead atoms. The molecule has 256 valence electrons. The van der Waals surface area contributed by atoms with Crippen LogP contribution in [0.2, 0.25) is 0 Å². The number of para-hydroxylation sites is 1. The van der Waals surface area contributed by atoms with E-state index in [1.807, 2.05) is 55.5 Å². The second kappa shape index (κ2) is 12.9. The molecule has 6 aromatic rings. The lowest BCUT2D eigenvalue weighted by Gasteiger charge is -2.28. The predicted molar refractivity (Wildman–Crippen MR) is 173 cm³/mol. The first kappa shape index (κ1) is 32.2. The summed E-state index contributed by atoms with van der Waals surface area (Å²) in [5.41, 5.74) is 5.93. The maximum absolute atomic E-state index is 13.3. The van der Waals surface area contributed by atoms with Crippen LogP contribution in [-0.2, 0) is 34.8 Å². The molecule has 3 aromatic heterocycles. The molecule has 0 aliphatic carbocycles. The summed E-state index contributed by atoms with van der Waals surface area (Å²) in [4.78, 5) is 58.6. The number of hydrogen-bond donors (Lipinski definition) is 2. The standard InChI is InChI=1S/C35H30N4O11/c1-4-44-31-36-26-11-7-9-24(30(40)45-18-28-20(3)47-34(43)49-28)29(26)39(31)17-21-12-14-22(15-13-21)23-8-5-6-10-25(23)35(37-32(41)50-38-35)16-27-19(2)46-33(42)48-27/h5-15,38H,4,16-18H2,1-3H3,(H,37,41). The lowest BCUT2D eigenvalue weighted by Crippen LogP contribution is -2.48. The van der Waals surface area contributed by atoms with E-state index >= 15 is 0 Å². The minimum absolute atomic E-state index is 0.0280. The summed E-state index contributed by atoms with van der Waals surface area (Å²) in [7, 11) is 0. The molecule has 50 heavy (non-hydrogen) atoms. The van der Waals surface area contributed by atoms with Gasteiger partial charge in [-0.15, -0.1) is 5.48 Å². The molecule has 0 spiro atoms. The SMILES string of the molecule is CCOc1nc2cccc(C(=O)OCc3oc(=O)oc3C)c2n1Cc1ccc(-c2ccccc2C2(Cc3oc(=O)oc3C)NOC(=O)N2)cc1. The van der Waals surface area contributed by atoms with Gasteiger partial charge in [-0.3, -0.25) is 9.88 Å². The second-order valence-corrected chi connectivity index (χ2v) is 11.5. The van der Waals surface area contributed by atoms with Crippen LogP contribution in [0.5, 0.6) is 6.01 Å². The highest BCUT2D eigenvalue weighted by Crippen LogP contribution is 2.36. The van der Waals surface area contributed by atoms with E-state index in [1.54, 1.807) is 36.6 Å². The van der Waals surface area contributed by atoms with Crippen LogP contribution in [0.4, 0.5) is 4.79 Å². The number of amides is 1. The van der Waals surface area contributed by atoms with E-state index in [2.05, 4.69) is 15.8 Å². The number of hydrogen-bond acceptors (Lipinski definition) is 13. The van der Waals surface area contributed by atoms with Gasteiger partial charge in [0.1, 0.15) is 5.76 Å². The number of carbonyl (C=O) groups is 2. The Kier molecular flexibility index (Phi) is 8.33. The van der Waals surface area contributed by atoms with Crippen LogP contribution in [0.3, 0.4) is 0 Å². The molecule has 1 aliphatic heterocycles. The maximum Gasteiger partial charge on any atom is 0.519 e. The molecule has 1 atom stereocenters. The van der Waals surface area contributed by atoms with Crippen LogP contribution in [-0.4, -0.2) is 28.2 Å². The summed E-state index contributed by atoms with van der Waals surface area (Å²) < 4.78 is 33.3. The van der Waals surface area contributed by atoms with Crippen molar-refractivity contribution in [2.24, 2.45) is 0 Å². The minimum atomic E-state index is -1.27. The van der Waals surface area contributed by atoms with E-state index in [0.29, 0.717) is 35.8 Å². The minimum Gasteiger partial charge on any atom is -0.465 e. The van der Waals surface area contributed by atoms with Crippen molar-refractivity contribution in [2.75, 3.05) is 6.61 Å². The van der Waals surface area contributed by atoms with E-state index in [0.717, 1.165) is 16.7 Å². The number of fused-ring (bicyclic) bond motifs is 1. The van der Waals surface area contributed by atoms with Crippen molar-refractivity contribution >= 4 is 23.1 Å². The largest absolute Gasteiger partial charge is 0.519 e. The average molecular weight is 683 g/mol. The van der Waals surface area contributed by atoms with Crippen LogP contribution >= 0.6 is 0 Å². The fraction of sp³-hybridized carbons (Fsp3) is 0.229. The summed E-state index contributed by atoms with van der Waals surface area (Å²) in [6, 6.07) is 20.6. The number of nitrogens with one attached hydrogen (secondary N) is 2. The van der Waals surface area contributed by atoms with Crippen molar-refractivity contribution < 1.29 is 41.6 Å². The third-order valence-electron chi connectivity index (χ3n) is 8.28. The van der Waals surface area contributed by atoms with Crippen LogP contribution in [0.25, 0.3) is 22.2 Å². The lowest BCUT2D eigenvalue weighted by atomic mass is 9.87. The van der Waals surface area contributed by atoms with E-state index in [9.17, 15) is 19.2 Å². The normalized spacial score (nSPS) is 15.6. The van der Waals surface area contributed by atoms with Gasteiger partial charge in [0.25, 0.3) is 6.01 Å². The number of hydroxylamine groups is 1. The molecule has 2 N–H and O–H groups in total. The van der Waals surface area contributed by atoms with E-state index < -0.39 is 29.4 Å². The zero-order valence-electron chi connectivity index (χ0n) is 27.1. The highest BCUT2D eigenvalue weighted by Gasteiger charge is 2.44. The lowest BCUT2D eigenvalue weighted by molar-refractivity contribution is 0.0444. The summed E-state index contributed by atoms with van der Waals surface area (Å²) >= 11 is 0. The smallest absolute Gasteiger partial charge is 0.465 e. The fourth-order valence-corrected chi connectivity index (χ4v) is 5.94. The van der Waals surface area contributed by atoms with Crippen molar-refractivity contribution in [1.82, 2.24) is 20.3 Å². The first-order valence-electron chi connectivity index (χ1n) is 15.6. The Hall–Kier alpha value is -6.35. The Labute approximate surface area is 282 Å². The number of carbonyl (C=O) groups excluding carboxylic acids is 2. The van der Waals surface area contributed by atoms with Gasteiger partial charge in [0.2, 0.25) is 0 Å². The molecule has 1 unspecified atom stereocenters. The first-order chi connectivity index (χ1) is 24.1. The number of benzene rings is 3. The van der Waals surface area contributed by atoms with E-state index in [4.69, 9.17) is 32.0 Å². The molecule has 3 aromatic carbocycles. The number of esters is 1. The molecule has 15 heteroatoms. The Morgan fingerprint density at radius 1 is 0.880 bits per heavy atom. The van der Waals surface area contributed by atoms with Gasteiger partial charge < -0.3 is 32.0 Å². The fourth-order valence-electron chi connectivity index (χ4n) is 5.94. The van der Waals surface area contributed by atoms with Crippen molar-refractivity contribution in [2.45, 2.75) is 46.0 Å². The van der Waals surface area contributed by atoms with Crippen molar-refractivity contribution in [3.63, 3.8) is 0 Å². The molecule has 7 rings (SSSR count). The van der Waals surface area contributed by atoms with Gasteiger partial charge in [0.05, 0.1) is 36.2 Å². The van der Waals surface area contributed by atoms with Gasteiger partial charge in [-0.25, -0.2) is 19.2 Å². The van der Waals surface area contributed by atoms with E-state index in [1.165, 1.54) is 0 Å². The Balaban J connectivity index is 1.20. The van der Waals surface area contributed by atoms with Crippen molar-refractivity contribution in [3.8, 4) is 17.1 Å². The molecular weight excluding hydrogens is 652 g/mol. The molecular formula is C35H30N4O11. The molecule has 1 aliphatic rings. The number of imidazole rings is 1. The number of aromatic nitrogens is 2. The predicted octanol–water partition coefficient (Wildman–Crippen LogP) is 4.86. The van der Waals surface area contributed by atoms with Crippen molar-refractivity contribution in [1.29, 1.82) is 0 Å². The number of aryl methyl sites for hydroxylation is 2. The van der Waals surface area contributed by atoms with Gasteiger partial charge in [0.15, 0.2) is 29.6 Å². The van der Waals surface area contributed by atoms with Gasteiger partial charge in [-0.1, -0.05) is 54.6 Å². The van der Waals surface area contributed by atoms with E-state index in [-0.39, 0.29) is 41.6 Å². The molecule has 1 saturated heterocycles. The highest BCUT2D eigenvalue weighted by atomic mass is 16.7. The number of rotatable bonds is 11. The molecule has 1 fully saturated rings. The zero-order chi connectivity index (χ0) is 35.0. The summed E-state index contributed by atoms with van der Waals surface area (Å²) in [6.07, 6.45) is -0.664. The van der Waals surface area contributed by atoms with Crippen LogP contribution in [0, 0.1) is 13.8 Å². The zero-order valence-corrected chi connectivity index (χ0v) is 27.1. The van der Waals surface area contributed by atoms with Crippen LogP contribution in [0.1, 0.15) is 51.4 Å². The third-order valence-corrected chi connectivity index (χ3v) is 8.28. The topological polar surface area (TPSA) is 190 Å². The first-order valence-corrected chi connectivity index (χ1v) is 15.6. The van der Waals surface area contributed by atoms with Crippen LogP contribution in [0.15, 0.2) is 94.0 Å². The maximum atomic E-state index is 13.3. The van der Waals surface area contributed by atoms with Crippen LogP contribution < -0.4 is 27.2 Å². The monoisotopic (exact) mass is 682 g/mol. The molecule has 15 nitrogen and oxygen atoms in total. The molecule has 1 amide bonds. The average Bonchev–Trinajstić information content (AvgIpc) is 3.84. The Morgan fingerprint density at radius 2 is 1.60 bits per heavy atom. The Bertz CT molecular complexity index is 2340. The summed E-state index contributed by atoms with van der Waals surface area (Å²) in [5.74, 6) is -1.48. The van der Waals surface area contributed by atoms with Gasteiger partial charge in [-0.05, 0) is 49.6 Å². The summed E-state index contributed by atoms with van der Waals surface area (Å²) in [6.45, 7) is 5.33. The molecule has 0 radical (unpaired) electrons. The third kappa shape index (κ3) is 6.05. The van der Waals surface area contributed by atoms with Gasteiger partial charge >= 0.3 is 23.7 Å². The van der Waals surface area contributed by atoms with Crippen molar-refractivity contribution in [3.05, 3.63) is 128 Å². The quantitative estimate of drug-likeness (QED) is 0.176.